The smallest absolute Gasteiger partial charge is 0.293 e. The molecule has 2 aromatic carbocycles. The fraction of sp³-hybridized carbons (Fsp3) is 0.174. The van der Waals surface area contributed by atoms with Crippen LogP contribution in [0.5, 0.6) is 5.75 Å². The van der Waals surface area contributed by atoms with Crippen LogP contribution in [-0.2, 0) is 11.8 Å². The number of aryl methyl sites for hydroxylation is 1. The molecular formula is C23H20N4O5S. The summed E-state index contributed by atoms with van der Waals surface area (Å²) in [7, 11) is 3.04. The van der Waals surface area contributed by atoms with E-state index in [4.69, 9.17) is 4.74 Å². The van der Waals surface area contributed by atoms with Gasteiger partial charge in [0, 0.05) is 25.5 Å². The number of amides is 3. The van der Waals surface area contributed by atoms with Crippen LogP contribution in [0.3, 0.4) is 0 Å². The first-order valence-electron chi connectivity index (χ1n) is 10.0. The monoisotopic (exact) mass is 464 g/mol. The molecule has 1 aliphatic heterocycles. The molecule has 10 heteroatoms. The lowest BCUT2D eigenvalue weighted by Gasteiger charge is -2.13. The third kappa shape index (κ3) is 4.51. The first-order chi connectivity index (χ1) is 15.9. The van der Waals surface area contributed by atoms with Gasteiger partial charge in [0.1, 0.15) is 5.75 Å². The number of carbonyl (C=O) groups excluding carboxylic acids is 3. The third-order valence-corrected chi connectivity index (χ3v) is 5.99. The Labute approximate surface area is 193 Å². The number of benzene rings is 2. The van der Waals surface area contributed by atoms with E-state index in [2.05, 4.69) is 10.4 Å². The molecule has 3 aromatic rings. The highest BCUT2D eigenvalue weighted by atomic mass is 32.2. The standard InChI is InChI=1S/C23H20N4O5S/c1-26-21(29)17-6-4-3-5-16(17)19(25-26)20(28)24-11-12-27-22(30)18(33-23(27)31)13-14-7-9-15(32-2)10-8-14/h3-10,13H,11-12H2,1-2H3,(H,24,28). The van der Waals surface area contributed by atoms with Gasteiger partial charge in [-0.15, -0.1) is 0 Å². The Morgan fingerprint density at radius 3 is 2.48 bits per heavy atom. The quantitative estimate of drug-likeness (QED) is 0.558. The molecule has 0 radical (unpaired) electrons. The van der Waals surface area contributed by atoms with Gasteiger partial charge in [-0.25, -0.2) is 4.68 Å². The minimum atomic E-state index is -0.498. The fourth-order valence-corrected chi connectivity index (χ4v) is 4.24. The number of ether oxygens (including phenoxy) is 1. The number of nitrogens with one attached hydrogen (secondary N) is 1. The average Bonchev–Trinajstić information content (AvgIpc) is 3.09. The lowest BCUT2D eigenvalue weighted by molar-refractivity contribution is -0.122. The van der Waals surface area contributed by atoms with E-state index in [-0.39, 0.29) is 24.3 Å². The van der Waals surface area contributed by atoms with Crippen molar-refractivity contribution in [1.29, 1.82) is 0 Å². The number of carbonyl (C=O) groups is 3. The summed E-state index contributed by atoms with van der Waals surface area (Å²) in [4.78, 5) is 51.3. The van der Waals surface area contributed by atoms with E-state index in [0.29, 0.717) is 21.4 Å². The number of methoxy groups -OCH3 is 1. The first kappa shape index (κ1) is 22.3. The maximum absolute atomic E-state index is 12.7. The van der Waals surface area contributed by atoms with E-state index in [1.54, 1.807) is 61.7 Å². The summed E-state index contributed by atoms with van der Waals surface area (Å²) < 4.78 is 6.22. The number of rotatable bonds is 6. The summed E-state index contributed by atoms with van der Waals surface area (Å²) in [6.07, 6.45) is 1.64. The molecule has 0 atom stereocenters. The van der Waals surface area contributed by atoms with E-state index >= 15 is 0 Å². The van der Waals surface area contributed by atoms with Crippen molar-refractivity contribution in [3.63, 3.8) is 0 Å². The SMILES string of the molecule is COc1ccc(C=C2SC(=O)N(CCNC(=O)c3nn(C)c(=O)c4ccccc34)C2=O)cc1. The molecule has 0 spiro atoms. The summed E-state index contributed by atoms with van der Waals surface area (Å²) in [5.41, 5.74) is 0.562. The molecule has 33 heavy (non-hydrogen) atoms. The Kier molecular flexibility index (Phi) is 6.27. The summed E-state index contributed by atoms with van der Waals surface area (Å²) in [5, 5.41) is 7.17. The van der Waals surface area contributed by atoms with Crippen molar-refractivity contribution in [3.05, 3.63) is 75.0 Å². The minimum absolute atomic E-state index is 0.0139. The fourth-order valence-electron chi connectivity index (χ4n) is 3.38. The van der Waals surface area contributed by atoms with Crippen LogP contribution in [-0.4, -0.2) is 51.9 Å². The normalized spacial score (nSPS) is 14.8. The van der Waals surface area contributed by atoms with Crippen LogP contribution in [0, 0.1) is 0 Å². The van der Waals surface area contributed by atoms with Gasteiger partial charge in [0.05, 0.1) is 17.4 Å². The van der Waals surface area contributed by atoms with Crippen molar-refractivity contribution in [2.45, 2.75) is 0 Å². The van der Waals surface area contributed by atoms with E-state index < -0.39 is 17.1 Å². The number of fused-ring (bicyclic) bond motifs is 1. The van der Waals surface area contributed by atoms with Gasteiger partial charge in [0.2, 0.25) is 0 Å². The van der Waals surface area contributed by atoms with Gasteiger partial charge in [0.25, 0.3) is 22.6 Å². The lowest BCUT2D eigenvalue weighted by Crippen LogP contribution is -2.38. The molecule has 0 aliphatic carbocycles. The Bertz CT molecular complexity index is 1350. The second kappa shape index (κ2) is 9.29. The van der Waals surface area contributed by atoms with Crippen LogP contribution in [0.1, 0.15) is 16.1 Å². The van der Waals surface area contributed by atoms with Crippen molar-refractivity contribution >= 4 is 45.7 Å². The molecule has 4 rings (SSSR count). The van der Waals surface area contributed by atoms with Crippen LogP contribution in [0.2, 0.25) is 0 Å². The lowest BCUT2D eigenvalue weighted by atomic mass is 10.1. The van der Waals surface area contributed by atoms with Crippen molar-refractivity contribution in [2.24, 2.45) is 7.05 Å². The molecule has 1 saturated heterocycles. The molecule has 2 heterocycles. The molecule has 1 aromatic heterocycles. The Hall–Kier alpha value is -3.92. The van der Waals surface area contributed by atoms with Crippen LogP contribution in [0.25, 0.3) is 16.8 Å². The van der Waals surface area contributed by atoms with Crippen molar-refractivity contribution in [2.75, 3.05) is 20.2 Å². The molecule has 3 amide bonds. The van der Waals surface area contributed by atoms with Gasteiger partial charge in [-0.3, -0.25) is 24.1 Å². The molecule has 168 valence electrons. The summed E-state index contributed by atoms with van der Waals surface area (Å²) >= 11 is 0.851. The Balaban J connectivity index is 1.43. The van der Waals surface area contributed by atoms with Gasteiger partial charge >= 0.3 is 0 Å². The van der Waals surface area contributed by atoms with Gasteiger partial charge in [-0.05, 0) is 41.6 Å². The van der Waals surface area contributed by atoms with Gasteiger partial charge < -0.3 is 10.1 Å². The maximum atomic E-state index is 12.7. The van der Waals surface area contributed by atoms with Crippen LogP contribution in [0.4, 0.5) is 4.79 Å². The number of thioether (sulfide) groups is 1. The summed E-state index contributed by atoms with van der Waals surface area (Å²) in [6, 6.07) is 13.8. The van der Waals surface area contributed by atoms with Gasteiger partial charge in [-0.1, -0.05) is 30.3 Å². The number of imide groups is 1. The van der Waals surface area contributed by atoms with E-state index in [1.165, 1.54) is 7.05 Å². The molecule has 9 nitrogen and oxygen atoms in total. The molecule has 0 bridgehead atoms. The maximum Gasteiger partial charge on any atom is 0.293 e. The topological polar surface area (TPSA) is 111 Å². The molecule has 0 saturated carbocycles. The largest absolute Gasteiger partial charge is 0.497 e. The highest BCUT2D eigenvalue weighted by molar-refractivity contribution is 8.18. The highest BCUT2D eigenvalue weighted by Crippen LogP contribution is 2.32. The second-order valence-electron chi connectivity index (χ2n) is 7.19. The van der Waals surface area contributed by atoms with E-state index in [0.717, 1.165) is 26.9 Å². The first-order valence-corrected chi connectivity index (χ1v) is 10.8. The second-order valence-corrected chi connectivity index (χ2v) is 8.18. The average molecular weight is 465 g/mol. The molecular weight excluding hydrogens is 444 g/mol. The van der Waals surface area contributed by atoms with E-state index in [1.807, 2.05) is 0 Å². The number of nitrogens with zero attached hydrogens (tertiary/aromatic N) is 3. The van der Waals surface area contributed by atoms with E-state index in [9.17, 15) is 19.2 Å². The van der Waals surface area contributed by atoms with Crippen LogP contribution in [0.15, 0.2) is 58.2 Å². The third-order valence-electron chi connectivity index (χ3n) is 5.08. The molecule has 1 fully saturated rings. The number of hydrogen-bond donors (Lipinski definition) is 1. The zero-order valence-electron chi connectivity index (χ0n) is 17.9. The summed E-state index contributed by atoms with van der Waals surface area (Å²) in [6.45, 7) is 0.0611. The van der Waals surface area contributed by atoms with Crippen LogP contribution >= 0.6 is 11.8 Å². The Morgan fingerprint density at radius 2 is 1.79 bits per heavy atom. The van der Waals surface area contributed by atoms with Crippen molar-refractivity contribution in [1.82, 2.24) is 20.0 Å². The molecule has 1 aliphatic rings. The van der Waals surface area contributed by atoms with Crippen molar-refractivity contribution < 1.29 is 19.1 Å². The molecule has 0 unspecified atom stereocenters. The molecule has 1 N–H and O–H groups in total. The van der Waals surface area contributed by atoms with Gasteiger partial charge in [0.15, 0.2) is 5.69 Å². The van der Waals surface area contributed by atoms with Crippen molar-refractivity contribution in [3.8, 4) is 5.75 Å². The van der Waals surface area contributed by atoms with Gasteiger partial charge in [-0.2, -0.15) is 5.10 Å². The zero-order valence-corrected chi connectivity index (χ0v) is 18.7. The predicted molar refractivity (Wildman–Crippen MR) is 125 cm³/mol. The zero-order chi connectivity index (χ0) is 23.5. The number of aromatic nitrogens is 2. The minimum Gasteiger partial charge on any atom is -0.497 e. The number of hydrogen-bond acceptors (Lipinski definition) is 7. The summed E-state index contributed by atoms with van der Waals surface area (Å²) in [5.74, 6) is -0.222. The predicted octanol–water partition coefficient (Wildman–Crippen LogP) is 2.41. The Morgan fingerprint density at radius 1 is 1.09 bits per heavy atom. The van der Waals surface area contributed by atoms with Crippen LogP contribution < -0.4 is 15.6 Å². The highest BCUT2D eigenvalue weighted by Gasteiger charge is 2.34.